The SMILES string of the molecule is Cc1c(-c2ccc3cnc(Nc4ccc(C5CCN(CCN6CCN(c7ccc(N8CCC(O)NC8=O)cc7)CC6)CC5)cc4)nc3c2)cnc2c1NCCO2. The van der Waals surface area contributed by atoms with Crippen LogP contribution in [-0.4, -0.2) is 114 Å². The van der Waals surface area contributed by atoms with Gasteiger partial charge in [0.1, 0.15) is 18.5 Å². The molecular formula is C43H50N10O3. The van der Waals surface area contributed by atoms with Gasteiger partial charge in [0.15, 0.2) is 0 Å². The van der Waals surface area contributed by atoms with Crippen LogP contribution in [0.1, 0.15) is 36.3 Å². The summed E-state index contributed by atoms with van der Waals surface area (Å²) in [6.07, 6.45) is 5.88. The summed E-state index contributed by atoms with van der Waals surface area (Å²) in [6.45, 7) is 12.6. The topological polar surface area (TPSA) is 134 Å². The van der Waals surface area contributed by atoms with Crippen LogP contribution in [0.2, 0.25) is 0 Å². The maximum atomic E-state index is 12.3. The van der Waals surface area contributed by atoms with Crippen LogP contribution in [0.3, 0.4) is 0 Å². The van der Waals surface area contributed by atoms with Crippen molar-refractivity contribution in [3.05, 3.63) is 90.3 Å². The first kappa shape index (κ1) is 36.2. The van der Waals surface area contributed by atoms with Gasteiger partial charge >= 0.3 is 6.03 Å². The second kappa shape index (κ2) is 15.9. The molecule has 4 aliphatic heterocycles. The summed E-state index contributed by atoms with van der Waals surface area (Å²) in [6, 6.07) is 23.1. The number of hydrogen-bond acceptors (Lipinski definition) is 11. The number of urea groups is 1. The Morgan fingerprint density at radius 1 is 0.839 bits per heavy atom. The molecule has 3 fully saturated rings. The maximum Gasteiger partial charge on any atom is 0.323 e. The standard InChI is InChI=1S/C43H50N10O3/c1-29-37(28-45-41-40(29)44-15-25-56-41)32-2-3-33-27-46-42(48-38(33)26-32)47-34-6-4-30(5-7-34)31-12-16-50(17-13-31)19-20-51-21-23-52(24-22-51)35-8-10-36(11-9-35)53-18-14-39(54)49-43(53)55/h2-11,26-28,31,39,44,54H,12-25H2,1H3,(H,49,55)(H,46,47,48). The number of carbonyl (C=O) groups excluding carboxylic acids is 1. The molecule has 0 spiro atoms. The number of pyridine rings is 1. The van der Waals surface area contributed by atoms with Crippen LogP contribution in [0.5, 0.6) is 5.88 Å². The number of fused-ring (bicyclic) bond motifs is 2. The minimum Gasteiger partial charge on any atom is -0.474 e. The van der Waals surface area contributed by atoms with Gasteiger partial charge in [0.2, 0.25) is 11.8 Å². The molecule has 0 bridgehead atoms. The van der Waals surface area contributed by atoms with Crippen LogP contribution in [-0.2, 0) is 0 Å². The molecule has 0 aliphatic carbocycles. The van der Waals surface area contributed by atoms with Crippen LogP contribution in [0.25, 0.3) is 22.0 Å². The largest absolute Gasteiger partial charge is 0.474 e. The van der Waals surface area contributed by atoms with Gasteiger partial charge in [0.25, 0.3) is 0 Å². The quantitative estimate of drug-likeness (QED) is 0.146. The molecule has 2 amide bonds. The van der Waals surface area contributed by atoms with Crippen molar-refractivity contribution in [2.24, 2.45) is 0 Å². The summed E-state index contributed by atoms with van der Waals surface area (Å²) >= 11 is 0. The average molecular weight is 755 g/mol. The number of likely N-dealkylation sites (tertiary alicyclic amines) is 1. The fourth-order valence-electron chi connectivity index (χ4n) is 8.47. The van der Waals surface area contributed by atoms with Crippen LogP contribution >= 0.6 is 0 Å². The Bertz CT molecular complexity index is 2170. The first-order valence-corrected chi connectivity index (χ1v) is 20.0. The number of benzene rings is 3. The lowest BCUT2D eigenvalue weighted by Crippen LogP contribution is -2.51. The van der Waals surface area contributed by atoms with Crippen molar-refractivity contribution < 1.29 is 14.6 Å². The summed E-state index contributed by atoms with van der Waals surface area (Å²) in [7, 11) is 0. The van der Waals surface area contributed by atoms with E-state index in [0.717, 1.165) is 104 Å². The smallest absolute Gasteiger partial charge is 0.323 e. The van der Waals surface area contributed by atoms with E-state index in [1.165, 1.54) is 24.1 Å². The number of aromatic nitrogens is 3. The highest BCUT2D eigenvalue weighted by molar-refractivity contribution is 5.93. The zero-order valence-electron chi connectivity index (χ0n) is 32.0. The second-order valence-corrected chi connectivity index (χ2v) is 15.3. The number of aliphatic hydroxyl groups excluding tert-OH is 1. The van der Waals surface area contributed by atoms with Crippen molar-refractivity contribution in [2.45, 2.75) is 38.3 Å². The number of anilines is 5. The molecule has 4 aliphatic rings. The van der Waals surface area contributed by atoms with Crippen LogP contribution in [0, 0.1) is 6.92 Å². The van der Waals surface area contributed by atoms with Crippen molar-refractivity contribution in [1.29, 1.82) is 0 Å². The van der Waals surface area contributed by atoms with Gasteiger partial charge in [-0.3, -0.25) is 9.80 Å². The fourth-order valence-corrected chi connectivity index (χ4v) is 8.47. The molecule has 6 heterocycles. The van der Waals surface area contributed by atoms with Crippen molar-refractivity contribution in [3.8, 4) is 17.0 Å². The van der Waals surface area contributed by atoms with Gasteiger partial charge in [0.05, 0.1) is 5.52 Å². The second-order valence-electron chi connectivity index (χ2n) is 15.3. The fraction of sp³-hybridized carbons (Fsp3) is 0.395. The van der Waals surface area contributed by atoms with E-state index in [1.54, 1.807) is 4.90 Å². The van der Waals surface area contributed by atoms with Gasteiger partial charge in [0, 0.05) is 99.2 Å². The van der Waals surface area contributed by atoms with Crippen molar-refractivity contribution in [3.63, 3.8) is 0 Å². The number of carbonyl (C=O) groups is 1. The molecule has 0 saturated carbocycles. The number of nitrogens with zero attached hydrogens (tertiary/aromatic N) is 7. The first-order valence-electron chi connectivity index (χ1n) is 20.0. The molecule has 4 N–H and O–H groups in total. The van der Waals surface area contributed by atoms with E-state index in [0.29, 0.717) is 37.3 Å². The highest BCUT2D eigenvalue weighted by Crippen LogP contribution is 2.36. The third-order valence-corrected chi connectivity index (χ3v) is 11.9. The molecule has 290 valence electrons. The molecule has 5 aromatic rings. The van der Waals surface area contributed by atoms with E-state index in [-0.39, 0.29) is 6.03 Å². The number of nitrogens with one attached hydrogen (secondary N) is 3. The van der Waals surface area contributed by atoms with Crippen molar-refractivity contribution in [2.75, 3.05) is 92.5 Å². The Morgan fingerprint density at radius 3 is 2.36 bits per heavy atom. The zero-order chi connectivity index (χ0) is 38.0. The molecule has 1 unspecified atom stereocenters. The number of piperazine rings is 1. The lowest BCUT2D eigenvalue weighted by atomic mass is 9.89. The summed E-state index contributed by atoms with van der Waals surface area (Å²) < 4.78 is 5.72. The molecule has 9 rings (SSSR count). The van der Waals surface area contributed by atoms with Gasteiger partial charge in [-0.05, 0) is 97.9 Å². The number of aliphatic hydroxyl groups is 1. The Kier molecular flexibility index (Phi) is 10.3. The third-order valence-electron chi connectivity index (χ3n) is 11.9. The monoisotopic (exact) mass is 754 g/mol. The Morgan fingerprint density at radius 2 is 1.59 bits per heavy atom. The molecule has 13 heteroatoms. The van der Waals surface area contributed by atoms with Crippen LogP contribution < -0.4 is 30.5 Å². The van der Waals surface area contributed by atoms with E-state index >= 15 is 0 Å². The zero-order valence-corrected chi connectivity index (χ0v) is 32.0. The van der Waals surface area contributed by atoms with Gasteiger partial charge in [-0.25, -0.2) is 19.7 Å². The Balaban J connectivity index is 0.730. The molecule has 0 radical (unpaired) electrons. The number of amides is 2. The van der Waals surface area contributed by atoms with Gasteiger partial charge in [-0.2, -0.15) is 0 Å². The molecule has 3 saturated heterocycles. The Labute approximate surface area is 327 Å². The molecule has 2 aromatic heterocycles. The number of ether oxygens (including phenoxy) is 1. The predicted octanol–water partition coefficient (Wildman–Crippen LogP) is 5.79. The minimum absolute atomic E-state index is 0.245. The van der Waals surface area contributed by atoms with E-state index in [1.807, 2.05) is 24.5 Å². The lowest BCUT2D eigenvalue weighted by molar-refractivity contribution is 0.125. The average Bonchev–Trinajstić information content (AvgIpc) is 3.24. The molecule has 1 atom stereocenters. The number of hydrogen-bond donors (Lipinski definition) is 4. The van der Waals surface area contributed by atoms with E-state index < -0.39 is 6.23 Å². The number of piperidine rings is 1. The van der Waals surface area contributed by atoms with Crippen LogP contribution in [0.4, 0.5) is 33.5 Å². The summed E-state index contributed by atoms with van der Waals surface area (Å²) in [5.74, 6) is 1.82. The predicted molar refractivity (Wildman–Crippen MR) is 221 cm³/mol. The van der Waals surface area contributed by atoms with E-state index in [2.05, 4.69) is 102 Å². The summed E-state index contributed by atoms with van der Waals surface area (Å²) in [5.41, 5.74) is 9.51. The van der Waals surface area contributed by atoms with Crippen LogP contribution in [0.15, 0.2) is 79.1 Å². The highest BCUT2D eigenvalue weighted by Gasteiger charge is 2.26. The minimum atomic E-state index is -0.756. The van der Waals surface area contributed by atoms with Crippen molar-refractivity contribution >= 4 is 45.6 Å². The van der Waals surface area contributed by atoms with Gasteiger partial charge in [-0.15, -0.1) is 0 Å². The van der Waals surface area contributed by atoms with E-state index in [4.69, 9.17) is 9.72 Å². The first-order chi connectivity index (χ1) is 27.4. The Hall–Kier alpha value is -5.50. The van der Waals surface area contributed by atoms with Crippen molar-refractivity contribution in [1.82, 2.24) is 30.1 Å². The normalized spacial score (nSPS) is 19.6. The highest BCUT2D eigenvalue weighted by atomic mass is 16.5. The number of rotatable bonds is 9. The molecule has 3 aromatic carbocycles. The lowest BCUT2D eigenvalue weighted by Gasteiger charge is -2.38. The molecular weight excluding hydrogens is 705 g/mol. The summed E-state index contributed by atoms with van der Waals surface area (Å²) in [5, 5.41) is 20.1. The maximum absolute atomic E-state index is 12.3. The van der Waals surface area contributed by atoms with Gasteiger partial charge in [-0.1, -0.05) is 24.3 Å². The third kappa shape index (κ3) is 7.79. The molecule has 56 heavy (non-hydrogen) atoms. The summed E-state index contributed by atoms with van der Waals surface area (Å²) in [4.78, 5) is 35.6. The van der Waals surface area contributed by atoms with E-state index in [9.17, 15) is 9.90 Å². The van der Waals surface area contributed by atoms with Gasteiger partial charge < -0.3 is 35.6 Å². The molecule has 13 nitrogen and oxygen atoms in total.